The highest BCUT2D eigenvalue weighted by atomic mass is 16.5. The molecule has 2 fully saturated rings. The fourth-order valence-electron chi connectivity index (χ4n) is 4.17. The molecule has 0 unspecified atom stereocenters. The van der Waals surface area contributed by atoms with Crippen molar-refractivity contribution in [3.8, 4) is 5.75 Å². The number of urea groups is 1. The van der Waals surface area contributed by atoms with E-state index in [0.29, 0.717) is 43.3 Å². The third kappa shape index (κ3) is 2.62. The van der Waals surface area contributed by atoms with Crippen LogP contribution in [0, 0.1) is 5.92 Å². The summed E-state index contributed by atoms with van der Waals surface area (Å²) in [5, 5.41) is 2.83. The highest BCUT2D eigenvalue weighted by Gasteiger charge is 2.55. The molecule has 138 valence electrons. The van der Waals surface area contributed by atoms with E-state index in [1.807, 2.05) is 12.1 Å². The second-order valence-electron chi connectivity index (χ2n) is 7.41. The van der Waals surface area contributed by atoms with Gasteiger partial charge in [0.15, 0.2) is 5.54 Å². The number of fused-ring (bicyclic) bond motifs is 2. The first-order valence-corrected chi connectivity index (χ1v) is 9.15. The van der Waals surface area contributed by atoms with Gasteiger partial charge in [-0.1, -0.05) is 25.1 Å². The summed E-state index contributed by atoms with van der Waals surface area (Å²) >= 11 is 0. The number of piperidine rings is 1. The molecule has 3 heterocycles. The van der Waals surface area contributed by atoms with Crippen molar-refractivity contribution in [1.29, 1.82) is 0 Å². The minimum atomic E-state index is -1.12. The molecule has 3 aliphatic heterocycles. The van der Waals surface area contributed by atoms with Crippen LogP contribution in [-0.2, 0) is 15.1 Å². The summed E-state index contributed by atoms with van der Waals surface area (Å²) in [5.41, 5.74) is -0.465. The van der Waals surface area contributed by atoms with E-state index in [2.05, 4.69) is 12.2 Å². The lowest BCUT2D eigenvalue weighted by Gasteiger charge is -2.33. The van der Waals surface area contributed by atoms with Crippen molar-refractivity contribution >= 4 is 17.8 Å². The molecule has 4 rings (SSSR count). The molecule has 1 spiro atoms. The smallest absolute Gasteiger partial charge is 0.325 e. The molecule has 26 heavy (non-hydrogen) atoms. The van der Waals surface area contributed by atoms with E-state index in [1.165, 1.54) is 0 Å². The molecule has 7 nitrogen and oxygen atoms in total. The molecular weight excluding hydrogens is 334 g/mol. The Kier molecular flexibility index (Phi) is 4.09. The zero-order chi connectivity index (χ0) is 18.3. The maximum Gasteiger partial charge on any atom is 0.325 e. The van der Waals surface area contributed by atoms with Gasteiger partial charge in [-0.2, -0.15) is 0 Å². The van der Waals surface area contributed by atoms with Gasteiger partial charge in [0.1, 0.15) is 12.3 Å². The highest BCUT2D eigenvalue weighted by Crippen LogP contribution is 2.40. The first-order valence-electron chi connectivity index (χ1n) is 9.15. The number of benzene rings is 1. The van der Waals surface area contributed by atoms with E-state index in [4.69, 9.17) is 4.74 Å². The van der Waals surface area contributed by atoms with Gasteiger partial charge in [-0.15, -0.1) is 0 Å². The van der Waals surface area contributed by atoms with Crippen molar-refractivity contribution in [2.24, 2.45) is 5.92 Å². The minimum absolute atomic E-state index is 0.169. The normalized spacial score (nSPS) is 28.0. The van der Waals surface area contributed by atoms with Gasteiger partial charge in [-0.05, 0) is 24.8 Å². The number of amides is 4. The zero-order valence-corrected chi connectivity index (χ0v) is 14.9. The largest absolute Gasteiger partial charge is 0.493 e. The first kappa shape index (κ1) is 16.9. The third-order valence-electron chi connectivity index (χ3n) is 5.56. The van der Waals surface area contributed by atoms with Gasteiger partial charge in [0.25, 0.3) is 5.91 Å². The summed E-state index contributed by atoms with van der Waals surface area (Å²) in [7, 11) is 0. The standard InChI is InChI=1S/C19H23N3O4/c1-13-5-4-9-21(11-13)16(23)12-22-17(24)19(20-18(22)25)8-10-26-15-7-3-2-6-14(15)19/h2-3,6-7,13H,4-5,8-12H2,1H3,(H,20,25)/t13-,19-/m0/s1. The third-order valence-corrected chi connectivity index (χ3v) is 5.56. The Bertz CT molecular complexity index is 765. The summed E-state index contributed by atoms with van der Waals surface area (Å²) in [6.07, 6.45) is 2.43. The average Bonchev–Trinajstić information content (AvgIpc) is 2.87. The maximum atomic E-state index is 13.2. The van der Waals surface area contributed by atoms with Crippen molar-refractivity contribution in [2.45, 2.75) is 31.7 Å². The van der Waals surface area contributed by atoms with E-state index in [9.17, 15) is 14.4 Å². The number of nitrogens with one attached hydrogen (secondary N) is 1. The van der Waals surface area contributed by atoms with Crippen LogP contribution in [-0.4, -0.2) is 53.9 Å². The van der Waals surface area contributed by atoms with Crippen molar-refractivity contribution in [3.05, 3.63) is 29.8 Å². The van der Waals surface area contributed by atoms with Crippen LogP contribution in [0.3, 0.4) is 0 Å². The van der Waals surface area contributed by atoms with Crippen LogP contribution in [0.5, 0.6) is 5.75 Å². The number of likely N-dealkylation sites (tertiary alicyclic amines) is 1. The minimum Gasteiger partial charge on any atom is -0.493 e. The number of carbonyl (C=O) groups excluding carboxylic acids is 3. The maximum absolute atomic E-state index is 13.2. The number of hydrogen-bond acceptors (Lipinski definition) is 4. The summed E-state index contributed by atoms with van der Waals surface area (Å²) in [6, 6.07) is 6.73. The number of carbonyl (C=O) groups is 3. The molecule has 1 aromatic rings. The molecule has 0 aromatic heterocycles. The summed E-state index contributed by atoms with van der Waals surface area (Å²) in [4.78, 5) is 41.1. The molecule has 4 amide bonds. The van der Waals surface area contributed by atoms with Gasteiger partial charge in [0.05, 0.1) is 6.61 Å². The zero-order valence-electron chi connectivity index (χ0n) is 14.9. The molecule has 0 aliphatic carbocycles. The van der Waals surface area contributed by atoms with Crippen molar-refractivity contribution in [1.82, 2.24) is 15.1 Å². The fraction of sp³-hybridized carbons (Fsp3) is 0.526. The highest BCUT2D eigenvalue weighted by molar-refractivity contribution is 6.09. The lowest BCUT2D eigenvalue weighted by Crippen LogP contribution is -2.49. The lowest BCUT2D eigenvalue weighted by molar-refractivity contribution is -0.140. The quantitative estimate of drug-likeness (QED) is 0.813. The van der Waals surface area contributed by atoms with Crippen molar-refractivity contribution in [3.63, 3.8) is 0 Å². The molecule has 3 aliphatic rings. The summed E-state index contributed by atoms with van der Waals surface area (Å²) in [5.74, 6) is 0.518. The van der Waals surface area contributed by atoms with Gasteiger partial charge < -0.3 is 15.0 Å². The van der Waals surface area contributed by atoms with E-state index in [-0.39, 0.29) is 18.4 Å². The van der Waals surface area contributed by atoms with Crippen LogP contribution in [0.1, 0.15) is 31.7 Å². The van der Waals surface area contributed by atoms with E-state index < -0.39 is 11.6 Å². The Morgan fingerprint density at radius 2 is 2.15 bits per heavy atom. The number of imide groups is 1. The number of ether oxygens (including phenoxy) is 1. The molecule has 7 heteroatoms. The molecule has 0 bridgehead atoms. The summed E-state index contributed by atoms with van der Waals surface area (Å²) < 4.78 is 5.62. The Hall–Kier alpha value is -2.57. The van der Waals surface area contributed by atoms with Crippen molar-refractivity contribution in [2.75, 3.05) is 26.2 Å². The van der Waals surface area contributed by atoms with Gasteiger partial charge >= 0.3 is 6.03 Å². The topological polar surface area (TPSA) is 79.0 Å². The number of nitrogens with zero attached hydrogens (tertiary/aromatic N) is 2. The first-order chi connectivity index (χ1) is 12.5. The number of para-hydroxylation sites is 1. The monoisotopic (exact) mass is 357 g/mol. The molecular formula is C19H23N3O4. The average molecular weight is 357 g/mol. The lowest BCUT2D eigenvalue weighted by atomic mass is 9.84. The van der Waals surface area contributed by atoms with E-state index in [1.54, 1.807) is 17.0 Å². The predicted octanol–water partition coefficient (Wildman–Crippen LogP) is 1.47. The Balaban J connectivity index is 1.56. The molecule has 0 radical (unpaired) electrons. The number of hydrogen-bond donors (Lipinski definition) is 1. The van der Waals surface area contributed by atoms with E-state index >= 15 is 0 Å². The van der Waals surface area contributed by atoms with E-state index in [0.717, 1.165) is 17.7 Å². The van der Waals surface area contributed by atoms with Crippen LogP contribution in [0.2, 0.25) is 0 Å². The van der Waals surface area contributed by atoms with Gasteiger partial charge in [0.2, 0.25) is 5.91 Å². The molecule has 2 saturated heterocycles. The number of rotatable bonds is 2. The summed E-state index contributed by atoms with van der Waals surface area (Å²) in [6.45, 7) is 3.62. The van der Waals surface area contributed by atoms with Gasteiger partial charge in [0, 0.05) is 25.1 Å². The van der Waals surface area contributed by atoms with Crippen LogP contribution < -0.4 is 10.1 Å². The van der Waals surface area contributed by atoms with Gasteiger partial charge in [-0.25, -0.2) is 4.79 Å². The Morgan fingerprint density at radius 3 is 2.96 bits per heavy atom. The Morgan fingerprint density at radius 1 is 1.35 bits per heavy atom. The van der Waals surface area contributed by atoms with Crippen molar-refractivity contribution < 1.29 is 19.1 Å². The van der Waals surface area contributed by atoms with Crippen LogP contribution in [0.25, 0.3) is 0 Å². The molecule has 1 N–H and O–H groups in total. The molecule has 1 aromatic carbocycles. The predicted molar refractivity (Wildman–Crippen MR) is 93.5 cm³/mol. The molecule has 2 atom stereocenters. The SMILES string of the molecule is C[C@H]1CCCN(C(=O)CN2C(=O)N[C@]3(CCOc4ccccc43)C2=O)C1. The van der Waals surface area contributed by atoms with Crippen LogP contribution in [0.4, 0.5) is 4.79 Å². The molecule has 0 saturated carbocycles. The fourth-order valence-corrected chi connectivity index (χ4v) is 4.17. The van der Waals surface area contributed by atoms with Gasteiger partial charge in [-0.3, -0.25) is 14.5 Å². The van der Waals surface area contributed by atoms with Crippen LogP contribution >= 0.6 is 0 Å². The second kappa shape index (κ2) is 6.30. The van der Waals surface area contributed by atoms with Crippen LogP contribution in [0.15, 0.2) is 24.3 Å². The Labute approximate surface area is 152 Å². The second-order valence-corrected chi connectivity index (χ2v) is 7.41.